The second kappa shape index (κ2) is 6.70. The van der Waals surface area contributed by atoms with Crippen molar-refractivity contribution in [2.45, 2.75) is 65.1 Å². The molecule has 0 aliphatic heterocycles. The van der Waals surface area contributed by atoms with E-state index in [1.54, 1.807) is 0 Å². The van der Waals surface area contributed by atoms with Gasteiger partial charge >= 0.3 is 0 Å². The van der Waals surface area contributed by atoms with Gasteiger partial charge in [0, 0.05) is 18.8 Å². The van der Waals surface area contributed by atoms with Gasteiger partial charge in [0.2, 0.25) is 5.91 Å². The van der Waals surface area contributed by atoms with Crippen LogP contribution in [0.5, 0.6) is 0 Å². The van der Waals surface area contributed by atoms with Crippen LogP contribution in [0.2, 0.25) is 0 Å². The first-order valence-electron chi connectivity index (χ1n) is 6.90. The summed E-state index contributed by atoms with van der Waals surface area (Å²) in [6, 6.07) is 0.242. The number of hydrogen-bond donors (Lipinski definition) is 2. The molecule has 0 bridgehead atoms. The molecule has 1 rings (SSSR count). The first kappa shape index (κ1) is 15.7. The molecule has 1 amide bonds. The van der Waals surface area contributed by atoms with Crippen molar-refractivity contribution in [2.75, 3.05) is 0 Å². The van der Waals surface area contributed by atoms with Crippen LogP contribution in [-0.4, -0.2) is 27.3 Å². The third-order valence-electron chi connectivity index (χ3n) is 3.23. The Morgan fingerprint density at radius 2 is 2.21 bits per heavy atom. The van der Waals surface area contributed by atoms with Crippen LogP contribution >= 0.6 is 0 Å². The van der Waals surface area contributed by atoms with E-state index in [4.69, 9.17) is 5.73 Å². The molecular weight excluding hydrogens is 240 g/mol. The van der Waals surface area contributed by atoms with E-state index in [1.165, 1.54) is 5.56 Å². The molecule has 1 atom stereocenters. The third-order valence-corrected chi connectivity index (χ3v) is 3.23. The van der Waals surface area contributed by atoms with Gasteiger partial charge in [0.25, 0.3) is 0 Å². The molecule has 0 saturated heterocycles. The first-order valence-corrected chi connectivity index (χ1v) is 6.90. The molecule has 0 aliphatic carbocycles. The summed E-state index contributed by atoms with van der Waals surface area (Å²) in [5.41, 5.74) is 6.05. The summed E-state index contributed by atoms with van der Waals surface area (Å²) in [7, 11) is 0. The molecule has 5 heteroatoms. The molecule has 19 heavy (non-hydrogen) atoms. The molecule has 3 N–H and O–H groups in total. The molecule has 1 aromatic rings. The zero-order valence-electron chi connectivity index (χ0n) is 12.4. The number of nitrogens with two attached hydrogens (primary N) is 1. The Morgan fingerprint density at radius 1 is 1.53 bits per heavy atom. The summed E-state index contributed by atoms with van der Waals surface area (Å²) < 4.78 is 1.94. The minimum absolute atomic E-state index is 0.242. The van der Waals surface area contributed by atoms with E-state index in [0.29, 0.717) is 0 Å². The lowest BCUT2D eigenvalue weighted by Crippen LogP contribution is -2.55. The lowest BCUT2D eigenvalue weighted by molar-refractivity contribution is -0.124. The molecule has 1 heterocycles. The van der Waals surface area contributed by atoms with Crippen LogP contribution in [0, 0.1) is 6.92 Å². The Labute approximate surface area is 115 Å². The highest BCUT2D eigenvalue weighted by Crippen LogP contribution is 2.15. The number of rotatable bonds is 8. The van der Waals surface area contributed by atoms with E-state index >= 15 is 0 Å². The molecule has 0 spiro atoms. The Kier molecular flexibility index (Phi) is 5.54. The van der Waals surface area contributed by atoms with Gasteiger partial charge in [-0.05, 0) is 52.5 Å². The fraction of sp³-hybridized carbons (Fsp3) is 0.714. The quantitative estimate of drug-likeness (QED) is 0.702. The summed E-state index contributed by atoms with van der Waals surface area (Å²) in [6.07, 6.45) is 6.57. The van der Waals surface area contributed by atoms with Crippen molar-refractivity contribution in [2.24, 2.45) is 5.73 Å². The fourth-order valence-corrected chi connectivity index (χ4v) is 2.25. The van der Waals surface area contributed by atoms with Gasteiger partial charge in [-0.2, -0.15) is 5.10 Å². The van der Waals surface area contributed by atoms with Gasteiger partial charge in [0.1, 0.15) is 0 Å². The molecule has 108 valence electrons. The summed E-state index contributed by atoms with van der Waals surface area (Å²) in [5, 5.41) is 7.50. The van der Waals surface area contributed by atoms with E-state index in [2.05, 4.69) is 10.4 Å². The van der Waals surface area contributed by atoms with Crippen molar-refractivity contribution in [3.05, 3.63) is 18.0 Å². The second-order valence-electron chi connectivity index (χ2n) is 5.73. The van der Waals surface area contributed by atoms with Gasteiger partial charge in [-0.1, -0.05) is 0 Å². The highest BCUT2D eigenvalue weighted by molar-refractivity contribution is 5.84. The molecule has 0 fully saturated rings. The van der Waals surface area contributed by atoms with Crippen molar-refractivity contribution in [3.63, 3.8) is 0 Å². The SMILES string of the molecule is Cc1cnn(CCCCC(C)(NC(C)C)C(N)=O)c1. The molecule has 0 aromatic carbocycles. The smallest absolute Gasteiger partial charge is 0.237 e. The van der Waals surface area contributed by atoms with Crippen LogP contribution in [-0.2, 0) is 11.3 Å². The van der Waals surface area contributed by atoms with Gasteiger partial charge in [-0.3, -0.25) is 9.48 Å². The monoisotopic (exact) mass is 266 g/mol. The second-order valence-corrected chi connectivity index (χ2v) is 5.73. The highest BCUT2D eigenvalue weighted by atomic mass is 16.1. The number of unbranched alkanes of at least 4 members (excludes halogenated alkanes) is 1. The van der Waals surface area contributed by atoms with E-state index in [-0.39, 0.29) is 11.9 Å². The van der Waals surface area contributed by atoms with Gasteiger partial charge in [-0.25, -0.2) is 0 Å². The number of carbonyl (C=O) groups is 1. The van der Waals surface area contributed by atoms with Gasteiger partial charge in [-0.15, -0.1) is 0 Å². The van der Waals surface area contributed by atoms with Crippen molar-refractivity contribution >= 4 is 5.91 Å². The predicted octanol–water partition coefficient (Wildman–Crippen LogP) is 1.60. The van der Waals surface area contributed by atoms with Crippen LogP contribution in [0.25, 0.3) is 0 Å². The normalized spacial score (nSPS) is 14.6. The van der Waals surface area contributed by atoms with Gasteiger partial charge in [0.05, 0.1) is 11.7 Å². The maximum absolute atomic E-state index is 11.6. The summed E-state index contributed by atoms with van der Waals surface area (Å²) in [6.45, 7) is 8.83. The van der Waals surface area contributed by atoms with Gasteiger partial charge in [0.15, 0.2) is 0 Å². The number of aromatic nitrogens is 2. The Balaban J connectivity index is 2.38. The minimum Gasteiger partial charge on any atom is -0.368 e. The highest BCUT2D eigenvalue weighted by Gasteiger charge is 2.30. The zero-order valence-corrected chi connectivity index (χ0v) is 12.4. The van der Waals surface area contributed by atoms with Gasteiger partial charge < -0.3 is 11.1 Å². The number of primary amides is 1. The third kappa shape index (κ3) is 5.03. The average molecular weight is 266 g/mol. The summed E-state index contributed by atoms with van der Waals surface area (Å²) in [4.78, 5) is 11.6. The number of carbonyl (C=O) groups excluding carboxylic acids is 1. The fourth-order valence-electron chi connectivity index (χ4n) is 2.25. The van der Waals surface area contributed by atoms with Crippen molar-refractivity contribution < 1.29 is 4.79 Å². The Morgan fingerprint density at radius 3 is 2.68 bits per heavy atom. The number of nitrogens with zero attached hydrogens (tertiary/aromatic N) is 2. The Hall–Kier alpha value is -1.36. The number of hydrogen-bond acceptors (Lipinski definition) is 3. The van der Waals surface area contributed by atoms with Crippen LogP contribution < -0.4 is 11.1 Å². The lowest BCUT2D eigenvalue weighted by Gasteiger charge is -2.29. The lowest BCUT2D eigenvalue weighted by atomic mass is 9.93. The molecule has 1 aromatic heterocycles. The molecule has 5 nitrogen and oxygen atoms in total. The van der Waals surface area contributed by atoms with Crippen LogP contribution in [0.1, 0.15) is 45.6 Å². The van der Waals surface area contributed by atoms with Crippen molar-refractivity contribution in [1.29, 1.82) is 0 Å². The largest absolute Gasteiger partial charge is 0.368 e. The molecular formula is C14H26N4O. The number of aryl methyl sites for hydroxylation is 2. The Bertz CT molecular complexity index is 413. The van der Waals surface area contributed by atoms with Crippen molar-refractivity contribution in [1.82, 2.24) is 15.1 Å². The predicted molar refractivity (Wildman–Crippen MR) is 76.7 cm³/mol. The number of amides is 1. The van der Waals surface area contributed by atoms with E-state index < -0.39 is 5.54 Å². The summed E-state index contributed by atoms with van der Waals surface area (Å²) >= 11 is 0. The van der Waals surface area contributed by atoms with E-state index in [9.17, 15) is 4.79 Å². The van der Waals surface area contributed by atoms with Crippen LogP contribution in [0.3, 0.4) is 0 Å². The van der Waals surface area contributed by atoms with Crippen molar-refractivity contribution in [3.8, 4) is 0 Å². The van der Waals surface area contributed by atoms with E-state index in [0.717, 1.165) is 25.8 Å². The standard InChI is InChI=1S/C14H26N4O/c1-11(2)17-14(4,13(15)19)7-5-6-8-18-10-12(3)9-16-18/h9-11,17H,5-8H2,1-4H3,(H2,15,19). The average Bonchev–Trinajstić information content (AvgIpc) is 2.69. The first-order chi connectivity index (χ1) is 8.83. The zero-order chi connectivity index (χ0) is 14.5. The maximum atomic E-state index is 11.6. The number of nitrogens with one attached hydrogen (secondary N) is 1. The van der Waals surface area contributed by atoms with E-state index in [1.807, 2.05) is 44.8 Å². The molecule has 1 unspecified atom stereocenters. The summed E-state index contributed by atoms with van der Waals surface area (Å²) in [5.74, 6) is -0.281. The maximum Gasteiger partial charge on any atom is 0.237 e. The minimum atomic E-state index is -0.617. The van der Waals surface area contributed by atoms with Crippen LogP contribution in [0.15, 0.2) is 12.4 Å². The van der Waals surface area contributed by atoms with Crippen LogP contribution in [0.4, 0.5) is 0 Å². The molecule has 0 saturated carbocycles. The molecule has 0 aliphatic rings. The topological polar surface area (TPSA) is 72.9 Å². The molecule has 0 radical (unpaired) electrons.